The van der Waals surface area contributed by atoms with Gasteiger partial charge in [-0.1, -0.05) is 29.3 Å². The Bertz CT molecular complexity index is 543. The number of aromatic nitrogens is 1. The van der Waals surface area contributed by atoms with Crippen LogP contribution in [0.25, 0.3) is 11.3 Å². The highest BCUT2D eigenvalue weighted by atomic mass is 35.5. The van der Waals surface area contributed by atoms with Crippen LogP contribution in [0.4, 0.5) is 0 Å². The van der Waals surface area contributed by atoms with E-state index in [2.05, 4.69) is 11.1 Å². The molecule has 2 nitrogen and oxygen atoms in total. The predicted molar refractivity (Wildman–Crippen MR) is 62.3 cm³/mol. The fraction of sp³-hybridized carbons (Fsp3) is 0. The first-order valence-electron chi connectivity index (χ1n) is 4.01. The van der Waals surface area contributed by atoms with Crippen LogP contribution in [0.1, 0.15) is 4.88 Å². The van der Waals surface area contributed by atoms with Gasteiger partial charge in [-0.25, -0.2) is 4.98 Å². The molecule has 0 unspecified atom stereocenters. The molecule has 0 fully saturated rings. The molecular formula is C10H4Cl2N2S. The molecule has 74 valence electrons. The fourth-order valence-corrected chi connectivity index (χ4v) is 2.07. The summed E-state index contributed by atoms with van der Waals surface area (Å²) in [6, 6.07) is 7.29. The summed E-state index contributed by atoms with van der Waals surface area (Å²) < 4.78 is 0. The lowest BCUT2D eigenvalue weighted by atomic mass is 10.1. The van der Waals surface area contributed by atoms with Gasteiger partial charge in [0.1, 0.15) is 10.9 Å². The van der Waals surface area contributed by atoms with Gasteiger partial charge in [0.2, 0.25) is 0 Å². The average Bonchev–Trinajstić information content (AvgIpc) is 2.70. The van der Waals surface area contributed by atoms with Gasteiger partial charge in [0.25, 0.3) is 0 Å². The van der Waals surface area contributed by atoms with Crippen molar-refractivity contribution in [2.24, 2.45) is 0 Å². The number of rotatable bonds is 1. The number of halogens is 2. The van der Waals surface area contributed by atoms with Gasteiger partial charge in [0, 0.05) is 5.56 Å². The van der Waals surface area contributed by atoms with Crippen LogP contribution in [0.3, 0.4) is 0 Å². The molecule has 0 aliphatic heterocycles. The molecule has 0 spiro atoms. The first-order chi connectivity index (χ1) is 7.22. The molecule has 0 saturated carbocycles. The van der Waals surface area contributed by atoms with Crippen molar-refractivity contribution in [3.8, 4) is 17.3 Å². The number of hydrogen-bond acceptors (Lipinski definition) is 3. The van der Waals surface area contributed by atoms with Crippen molar-refractivity contribution < 1.29 is 0 Å². The van der Waals surface area contributed by atoms with Crippen molar-refractivity contribution in [3.63, 3.8) is 0 Å². The Balaban J connectivity index is 2.56. The molecule has 1 aromatic heterocycles. The summed E-state index contributed by atoms with van der Waals surface area (Å²) in [7, 11) is 0. The molecule has 0 N–H and O–H groups in total. The van der Waals surface area contributed by atoms with E-state index in [1.807, 2.05) is 0 Å². The Morgan fingerprint density at radius 2 is 2.07 bits per heavy atom. The van der Waals surface area contributed by atoms with Crippen LogP contribution in [-0.2, 0) is 0 Å². The van der Waals surface area contributed by atoms with E-state index in [4.69, 9.17) is 28.5 Å². The van der Waals surface area contributed by atoms with Crippen LogP contribution in [0.2, 0.25) is 10.0 Å². The maximum Gasteiger partial charge on any atom is 0.132 e. The van der Waals surface area contributed by atoms with Gasteiger partial charge in [0.15, 0.2) is 0 Å². The average molecular weight is 255 g/mol. The molecule has 15 heavy (non-hydrogen) atoms. The quantitative estimate of drug-likeness (QED) is 0.772. The number of nitrogens with zero attached hydrogens (tertiary/aromatic N) is 2. The van der Waals surface area contributed by atoms with E-state index in [0.29, 0.717) is 20.6 Å². The minimum Gasteiger partial charge on any atom is -0.243 e. The van der Waals surface area contributed by atoms with Crippen molar-refractivity contribution in [3.05, 3.63) is 38.6 Å². The number of nitriles is 1. The largest absolute Gasteiger partial charge is 0.243 e. The highest BCUT2D eigenvalue weighted by molar-refractivity contribution is 7.10. The van der Waals surface area contributed by atoms with Crippen LogP contribution >= 0.6 is 34.5 Å². The van der Waals surface area contributed by atoms with Crippen molar-refractivity contribution in [1.29, 1.82) is 5.26 Å². The van der Waals surface area contributed by atoms with Crippen LogP contribution in [0.15, 0.2) is 23.7 Å². The van der Waals surface area contributed by atoms with Gasteiger partial charge in [-0.05, 0) is 12.1 Å². The molecule has 1 aromatic carbocycles. The Labute approximate surface area is 101 Å². The van der Waals surface area contributed by atoms with Crippen molar-refractivity contribution >= 4 is 34.5 Å². The minimum absolute atomic E-state index is 0.464. The highest BCUT2D eigenvalue weighted by Gasteiger charge is 2.09. The second-order valence-electron chi connectivity index (χ2n) is 2.77. The monoisotopic (exact) mass is 254 g/mol. The molecule has 0 radical (unpaired) electrons. The van der Waals surface area contributed by atoms with E-state index in [1.54, 1.807) is 23.7 Å². The molecule has 0 amide bonds. The molecule has 0 atom stereocenters. The van der Waals surface area contributed by atoms with Crippen molar-refractivity contribution in [2.45, 2.75) is 0 Å². The third-order valence-corrected chi connectivity index (χ3v) is 3.33. The third kappa shape index (κ3) is 1.98. The molecule has 0 aliphatic carbocycles. The SMILES string of the molecule is N#Cc1scnc1-c1ccc(Cl)c(Cl)c1. The lowest BCUT2D eigenvalue weighted by molar-refractivity contribution is 1.39. The number of thiazole rings is 1. The van der Waals surface area contributed by atoms with Gasteiger partial charge >= 0.3 is 0 Å². The Morgan fingerprint density at radius 1 is 1.27 bits per heavy atom. The second-order valence-corrected chi connectivity index (χ2v) is 4.44. The molecule has 0 bridgehead atoms. The van der Waals surface area contributed by atoms with Crippen LogP contribution in [-0.4, -0.2) is 4.98 Å². The van der Waals surface area contributed by atoms with E-state index in [9.17, 15) is 0 Å². The summed E-state index contributed by atoms with van der Waals surface area (Å²) in [5.41, 5.74) is 3.10. The normalized spacial score (nSPS) is 9.93. The van der Waals surface area contributed by atoms with Gasteiger partial charge in [-0.3, -0.25) is 0 Å². The van der Waals surface area contributed by atoms with Gasteiger partial charge in [0.05, 0.1) is 21.2 Å². The maximum atomic E-state index is 8.85. The topological polar surface area (TPSA) is 36.7 Å². The number of hydrogen-bond donors (Lipinski definition) is 0. The Hall–Kier alpha value is -1.08. The number of benzene rings is 1. The summed E-state index contributed by atoms with van der Waals surface area (Å²) >= 11 is 13.0. The third-order valence-electron chi connectivity index (χ3n) is 1.86. The van der Waals surface area contributed by atoms with Gasteiger partial charge in [-0.2, -0.15) is 5.26 Å². The zero-order chi connectivity index (χ0) is 10.8. The predicted octanol–water partition coefficient (Wildman–Crippen LogP) is 3.99. The molecule has 2 rings (SSSR count). The van der Waals surface area contributed by atoms with E-state index in [1.165, 1.54) is 11.3 Å². The molecule has 0 aliphatic rings. The zero-order valence-electron chi connectivity index (χ0n) is 7.37. The highest BCUT2D eigenvalue weighted by Crippen LogP contribution is 2.30. The van der Waals surface area contributed by atoms with E-state index >= 15 is 0 Å². The molecule has 5 heteroatoms. The summed E-state index contributed by atoms with van der Waals surface area (Å²) in [6.45, 7) is 0. The molecular weight excluding hydrogens is 251 g/mol. The van der Waals surface area contributed by atoms with E-state index in [-0.39, 0.29) is 0 Å². The lowest BCUT2D eigenvalue weighted by Gasteiger charge is -2.00. The first kappa shape index (κ1) is 10.4. The maximum absolute atomic E-state index is 8.85. The minimum atomic E-state index is 0.464. The molecule has 2 aromatic rings. The summed E-state index contributed by atoms with van der Waals surface area (Å²) in [6.07, 6.45) is 0. The zero-order valence-corrected chi connectivity index (χ0v) is 9.70. The first-order valence-corrected chi connectivity index (χ1v) is 5.65. The smallest absolute Gasteiger partial charge is 0.132 e. The summed E-state index contributed by atoms with van der Waals surface area (Å²) in [4.78, 5) is 4.70. The van der Waals surface area contributed by atoms with E-state index in [0.717, 1.165) is 5.56 Å². The summed E-state index contributed by atoms with van der Waals surface area (Å²) in [5, 5.41) is 9.81. The van der Waals surface area contributed by atoms with Crippen LogP contribution < -0.4 is 0 Å². The molecule has 1 heterocycles. The van der Waals surface area contributed by atoms with Gasteiger partial charge in [-0.15, -0.1) is 11.3 Å². The Kier molecular flexibility index (Phi) is 2.92. The van der Waals surface area contributed by atoms with Crippen molar-refractivity contribution in [2.75, 3.05) is 0 Å². The molecule has 0 saturated heterocycles. The van der Waals surface area contributed by atoms with Crippen LogP contribution in [0.5, 0.6) is 0 Å². The van der Waals surface area contributed by atoms with Crippen LogP contribution in [0, 0.1) is 11.3 Å². The fourth-order valence-electron chi connectivity index (χ4n) is 1.17. The Morgan fingerprint density at radius 3 is 2.73 bits per heavy atom. The lowest BCUT2D eigenvalue weighted by Crippen LogP contribution is -1.81. The standard InChI is InChI=1S/C10H4Cl2N2S/c11-7-2-1-6(3-8(7)12)10-9(4-13)15-5-14-10/h1-3,5H. The summed E-state index contributed by atoms with van der Waals surface area (Å²) in [5.74, 6) is 0. The van der Waals surface area contributed by atoms with E-state index < -0.39 is 0 Å². The second kappa shape index (κ2) is 4.19. The van der Waals surface area contributed by atoms with Gasteiger partial charge < -0.3 is 0 Å². The van der Waals surface area contributed by atoms with Crippen molar-refractivity contribution in [1.82, 2.24) is 4.98 Å².